The van der Waals surface area contributed by atoms with Crippen molar-refractivity contribution in [3.8, 4) is 22.5 Å². The fraction of sp³-hybridized carbons (Fsp3) is 0.413. The average Bonchev–Trinajstić information content (AvgIpc) is 3.97. The minimum atomic E-state index is -0.413. The molecule has 326 valence electrons. The summed E-state index contributed by atoms with van der Waals surface area (Å²) in [6.07, 6.45) is 7.74. The Morgan fingerprint density at radius 3 is 2.27 bits per heavy atom. The minimum absolute atomic E-state index is 0.0513. The topological polar surface area (TPSA) is 194 Å². The Morgan fingerprint density at radius 1 is 0.873 bits per heavy atom. The van der Waals surface area contributed by atoms with Gasteiger partial charge in [0.1, 0.15) is 23.6 Å². The van der Waals surface area contributed by atoms with Gasteiger partial charge in [0.05, 0.1) is 23.6 Å². The summed E-state index contributed by atoms with van der Waals surface area (Å²) in [5.74, 6) is 2.32. The van der Waals surface area contributed by atoms with E-state index >= 15 is 0 Å². The lowest BCUT2D eigenvalue weighted by Crippen LogP contribution is -2.49. The number of imide groups is 1. The molecule has 3 saturated heterocycles. The standard InChI is InChI=1S/C46H53N13O4/c1-28-22-31(6-9-34(28)29(2)51-42(61)43-54-44(55-63-43)46(3,4)5)40-35-23-36(52-41(35)50-27-49-40)32-7-10-37(47-24-32)58-20-18-56(19-21-58)26-30-12-15-57(16-13-30)38-11-8-33(25-48-38)59-17-14-39(60)53-45(59)62/h6-11,22-25,27,29-30H,12-21,26H2,1-5H3,(H,51,61)(H,49,50,52)(H,53,60,62). The molecule has 4 amide bonds. The number of piperazine rings is 1. The van der Waals surface area contributed by atoms with Crippen LogP contribution in [0.15, 0.2) is 71.8 Å². The number of hydrogen-bond acceptors (Lipinski definition) is 13. The van der Waals surface area contributed by atoms with E-state index < -0.39 is 11.9 Å². The fourth-order valence-corrected chi connectivity index (χ4v) is 8.73. The largest absolute Gasteiger partial charge is 0.357 e. The van der Waals surface area contributed by atoms with E-state index in [2.05, 4.69) is 79.7 Å². The first-order valence-corrected chi connectivity index (χ1v) is 21.7. The second kappa shape index (κ2) is 17.2. The van der Waals surface area contributed by atoms with E-state index in [0.29, 0.717) is 30.4 Å². The van der Waals surface area contributed by atoms with Crippen LogP contribution in [0.3, 0.4) is 0 Å². The molecule has 9 rings (SSSR count). The number of aromatic amines is 1. The molecular formula is C46H53N13O4. The molecule has 8 heterocycles. The van der Waals surface area contributed by atoms with Crippen LogP contribution in [0.1, 0.15) is 80.6 Å². The number of urea groups is 1. The lowest BCUT2D eigenvalue weighted by molar-refractivity contribution is -0.120. The Bertz CT molecular complexity index is 2620. The van der Waals surface area contributed by atoms with E-state index in [1.54, 1.807) is 17.4 Å². The first kappa shape index (κ1) is 41.6. The zero-order valence-electron chi connectivity index (χ0n) is 36.4. The highest BCUT2D eigenvalue weighted by molar-refractivity contribution is 6.05. The number of nitrogens with zero attached hydrogens (tertiary/aromatic N) is 10. The minimum Gasteiger partial charge on any atom is -0.357 e. The quantitative estimate of drug-likeness (QED) is 0.144. The molecule has 3 fully saturated rings. The Balaban J connectivity index is 0.768. The zero-order chi connectivity index (χ0) is 43.8. The molecule has 3 aliphatic heterocycles. The number of hydrogen-bond donors (Lipinski definition) is 3. The van der Waals surface area contributed by atoms with Gasteiger partial charge in [-0.05, 0) is 80.1 Å². The third kappa shape index (κ3) is 8.96. The van der Waals surface area contributed by atoms with Crippen molar-refractivity contribution >= 4 is 46.2 Å². The van der Waals surface area contributed by atoms with Crippen LogP contribution in [0.5, 0.6) is 0 Å². The Hall–Kier alpha value is -6.75. The predicted octanol–water partition coefficient (Wildman–Crippen LogP) is 6.05. The Labute approximate surface area is 365 Å². The van der Waals surface area contributed by atoms with Gasteiger partial charge in [0.2, 0.25) is 5.91 Å². The zero-order valence-corrected chi connectivity index (χ0v) is 36.4. The van der Waals surface area contributed by atoms with Crippen molar-refractivity contribution in [2.45, 2.75) is 65.3 Å². The maximum atomic E-state index is 12.9. The lowest BCUT2D eigenvalue weighted by atomic mass is 9.96. The number of fused-ring (bicyclic) bond motifs is 1. The van der Waals surface area contributed by atoms with Gasteiger partial charge < -0.3 is 24.6 Å². The van der Waals surface area contributed by atoms with Crippen LogP contribution in [0, 0.1) is 12.8 Å². The number of benzene rings is 1. The molecule has 3 N–H and O–H groups in total. The van der Waals surface area contributed by atoms with Crippen LogP contribution in [-0.2, 0) is 10.2 Å². The highest BCUT2D eigenvalue weighted by Crippen LogP contribution is 2.33. The molecule has 0 bridgehead atoms. The van der Waals surface area contributed by atoms with Crippen LogP contribution in [0.2, 0.25) is 0 Å². The van der Waals surface area contributed by atoms with Gasteiger partial charge in [-0.15, -0.1) is 0 Å². The molecular weight excluding hydrogens is 799 g/mol. The number of rotatable bonds is 10. The lowest BCUT2D eigenvalue weighted by Gasteiger charge is -2.39. The summed E-state index contributed by atoms with van der Waals surface area (Å²) in [6, 6.07) is 15.6. The van der Waals surface area contributed by atoms with Gasteiger partial charge in [-0.2, -0.15) is 4.98 Å². The maximum absolute atomic E-state index is 12.9. The molecule has 5 aromatic heterocycles. The van der Waals surface area contributed by atoms with Gasteiger partial charge in [-0.25, -0.2) is 24.7 Å². The number of aryl methyl sites for hydroxylation is 1. The van der Waals surface area contributed by atoms with Crippen molar-refractivity contribution in [2.24, 2.45) is 5.92 Å². The number of piperidine rings is 1. The molecule has 6 aromatic rings. The van der Waals surface area contributed by atoms with E-state index in [4.69, 9.17) is 9.51 Å². The number of anilines is 3. The molecule has 17 heteroatoms. The van der Waals surface area contributed by atoms with Gasteiger partial charge in [0.15, 0.2) is 5.82 Å². The third-order valence-corrected chi connectivity index (χ3v) is 12.4. The van der Waals surface area contributed by atoms with Crippen molar-refractivity contribution < 1.29 is 18.9 Å². The second-order valence-corrected chi connectivity index (χ2v) is 17.9. The smallest absolute Gasteiger partial charge is 0.328 e. The van der Waals surface area contributed by atoms with Crippen LogP contribution >= 0.6 is 0 Å². The molecule has 0 spiro atoms. The molecule has 0 radical (unpaired) electrons. The van der Waals surface area contributed by atoms with Crippen molar-refractivity contribution in [3.63, 3.8) is 0 Å². The second-order valence-electron chi connectivity index (χ2n) is 17.9. The molecule has 1 unspecified atom stereocenters. The number of pyridine rings is 2. The summed E-state index contributed by atoms with van der Waals surface area (Å²) in [5.41, 5.74) is 6.75. The highest BCUT2D eigenvalue weighted by atomic mass is 16.5. The number of amides is 4. The number of carbonyl (C=O) groups excluding carboxylic acids is 3. The maximum Gasteiger partial charge on any atom is 0.328 e. The first-order valence-electron chi connectivity index (χ1n) is 21.7. The average molecular weight is 852 g/mol. The molecule has 3 aliphatic rings. The van der Waals surface area contributed by atoms with Gasteiger partial charge in [0.25, 0.3) is 0 Å². The van der Waals surface area contributed by atoms with Crippen molar-refractivity contribution in [3.05, 3.63) is 90.1 Å². The van der Waals surface area contributed by atoms with E-state index in [1.165, 1.54) is 0 Å². The normalized spacial score (nSPS) is 17.3. The molecule has 0 aliphatic carbocycles. The third-order valence-electron chi connectivity index (χ3n) is 12.4. The van der Waals surface area contributed by atoms with E-state index in [9.17, 15) is 14.4 Å². The molecule has 0 saturated carbocycles. The van der Waals surface area contributed by atoms with Crippen LogP contribution in [0.4, 0.5) is 22.1 Å². The molecule has 1 aromatic carbocycles. The summed E-state index contributed by atoms with van der Waals surface area (Å²) < 4.78 is 5.25. The summed E-state index contributed by atoms with van der Waals surface area (Å²) in [5, 5.41) is 10.2. The van der Waals surface area contributed by atoms with Gasteiger partial charge in [0, 0.05) is 92.6 Å². The summed E-state index contributed by atoms with van der Waals surface area (Å²) in [4.78, 5) is 72.1. The van der Waals surface area contributed by atoms with E-state index in [-0.39, 0.29) is 23.3 Å². The van der Waals surface area contributed by atoms with Gasteiger partial charge in [-0.1, -0.05) is 38.1 Å². The molecule has 17 nitrogen and oxygen atoms in total. The summed E-state index contributed by atoms with van der Waals surface area (Å²) in [6.45, 7) is 17.1. The van der Waals surface area contributed by atoms with Crippen molar-refractivity contribution in [1.29, 1.82) is 0 Å². The fourth-order valence-electron chi connectivity index (χ4n) is 8.73. The SMILES string of the molecule is Cc1cc(-c2ncnc3[nH]c(-c4ccc(N5CCN(CC6CCN(c7ccc(N8CCC(=O)NC8=O)cn7)CC6)CC5)nc4)cc23)ccc1C(C)NC(=O)c1nc(C(C)(C)C)no1. The highest BCUT2D eigenvalue weighted by Gasteiger charge is 2.28. The van der Waals surface area contributed by atoms with Crippen molar-refractivity contribution in [1.82, 2.24) is 50.6 Å². The van der Waals surface area contributed by atoms with Crippen molar-refractivity contribution in [2.75, 3.05) is 67.1 Å². The van der Waals surface area contributed by atoms with Crippen LogP contribution in [0.25, 0.3) is 33.5 Å². The Kier molecular flexibility index (Phi) is 11.4. The number of carbonyl (C=O) groups is 3. The first-order chi connectivity index (χ1) is 30.4. The predicted molar refractivity (Wildman–Crippen MR) is 240 cm³/mol. The van der Waals surface area contributed by atoms with Crippen LogP contribution < -0.4 is 25.3 Å². The van der Waals surface area contributed by atoms with Crippen LogP contribution in [-0.4, -0.2) is 110 Å². The molecule has 63 heavy (non-hydrogen) atoms. The van der Waals surface area contributed by atoms with Gasteiger partial charge in [-0.3, -0.25) is 24.7 Å². The molecule has 1 atom stereocenters. The summed E-state index contributed by atoms with van der Waals surface area (Å²) in [7, 11) is 0. The number of aromatic nitrogens is 7. The Morgan fingerprint density at radius 2 is 1.60 bits per heavy atom. The van der Waals surface area contributed by atoms with E-state index in [0.717, 1.165) is 115 Å². The monoisotopic (exact) mass is 851 g/mol. The van der Waals surface area contributed by atoms with Gasteiger partial charge >= 0.3 is 17.8 Å². The number of H-pyrrole nitrogens is 1. The van der Waals surface area contributed by atoms with E-state index in [1.807, 2.05) is 65.1 Å². The number of nitrogens with one attached hydrogen (secondary N) is 3. The summed E-state index contributed by atoms with van der Waals surface area (Å²) >= 11 is 0.